The Kier molecular flexibility index (Phi) is 5.81. The number of benzene rings is 1. The first-order valence-electron chi connectivity index (χ1n) is 7.93. The third-order valence-corrected chi connectivity index (χ3v) is 6.78. The molecule has 0 N–H and O–H groups in total. The summed E-state index contributed by atoms with van der Waals surface area (Å²) in [7, 11) is -3.67. The quantitative estimate of drug-likeness (QED) is 0.735. The Morgan fingerprint density at radius 1 is 1.12 bits per heavy atom. The van der Waals surface area contributed by atoms with Crippen LogP contribution in [-0.4, -0.2) is 64.5 Å². The summed E-state index contributed by atoms with van der Waals surface area (Å²) in [5.74, 6) is -0.0351. The van der Waals surface area contributed by atoms with Crippen molar-refractivity contribution in [2.45, 2.75) is 17.9 Å². The van der Waals surface area contributed by atoms with Gasteiger partial charge in [-0.3, -0.25) is 9.48 Å². The number of nitrogens with zero attached hydrogens (tertiary/aromatic N) is 5. The molecule has 3 rings (SSSR count). The maximum atomic E-state index is 12.7. The Labute approximate surface area is 161 Å². The predicted molar refractivity (Wildman–Crippen MR) is 96.4 cm³/mol. The molecule has 11 heteroatoms. The second-order valence-electron chi connectivity index (χ2n) is 5.77. The summed E-state index contributed by atoms with van der Waals surface area (Å²) in [6.07, 6.45) is 3.26. The highest BCUT2D eigenvalue weighted by Gasteiger charge is 2.30. The molecule has 0 spiro atoms. The molecule has 1 aromatic carbocycles. The molecule has 26 heavy (non-hydrogen) atoms. The van der Waals surface area contributed by atoms with Crippen LogP contribution in [0.4, 0.5) is 0 Å². The smallest absolute Gasteiger partial charge is 0.243 e. The number of halogens is 2. The minimum absolute atomic E-state index is 0.0351. The predicted octanol–water partition coefficient (Wildman–Crippen LogP) is 1.51. The molecule has 1 fully saturated rings. The molecule has 1 aromatic heterocycles. The zero-order valence-electron chi connectivity index (χ0n) is 13.8. The number of hydrogen-bond donors (Lipinski definition) is 0. The first-order chi connectivity index (χ1) is 12.4. The largest absolute Gasteiger partial charge is 0.340 e. The highest BCUT2D eigenvalue weighted by atomic mass is 35.5. The van der Waals surface area contributed by atoms with Crippen LogP contribution in [0, 0.1) is 0 Å². The van der Waals surface area contributed by atoms with Crippen molar-refractivity contribution in [2.24, 2.45) is 0 Å². The van der Waals surface area contributed by atoms with E-state index >= 15 is 0 Å². The molecule has 1 saturated heterocycles. The SMILES string of the molecule is O=C(CCn1cncn1)N1CCN(S(=O)(=O)c2ccc(Cl)c(Cl)c2)CC1. The lowest BCUT2D eigenvalue weighted by Gasteiger charge is -2.34. The van der Waals surface area contributed by atoms with Crippen LogP contribution >= 0.6 is 23.2 Å². The minimum Gasteiger partial charge on any atom is -0.340 e. The van der Waals surface area contributed by atoms with Gasteiger partial charge in [-0.1, -0.05) is 23.2 Å². The van der Waals surface area contributed by atoms with E-state index in [1.165, 1.54) is 28.8 Å². The molecule has 2 aromatic rings. The second kappa shape index (κ2) is 7.91. The van der Waals surface area contributed by atoms with Crippen LogP contribution in [-0.2, 0) is 21.4 Å². The van der Waals surface area contributed by atoms with Gasteiger partial charge in [-0.2, -0.15) is 9.40 Å². The Morgan fingerprint density at radius 3 is 2.46 bits per heavy atom. The first-order valence-corrected chi connectivity index (χ1v) is 10.1. The van der Waals surface area contributed by atoms with Crippen molar-refractivity contribution in [1.29, 1.82) is 0 Å². The fraction of sp³-hybridized carbons (Fsp3) is 0.400. The molecule has 0 saturated carbocycles. The Balaban J connectivity index is 1.58. The number of amides is 1. The summed E-state index contributed by atoms with van der Waals surface area (Å²) in [6, 6.07) is 4.23. The molecule has 140 valence electrons. The number of sulfonamides is 1. The number of carbonyl (C=O) groups excluding carboxylic acids is 1. The molecule has 8 nitrogen and oxygen atoms in total. The molecular formula is C15H17Cl2N5O3S. The van der Waals surface area contributed by atoms with Crippen LogP contribution in [0.5, 0.6) is 0 Å². The zero-order valence-corrected chi connectivity index (χ0v) is 16.1. The van der Waals surface area contributed by atoms with Crippen molar-refractivity contribution in [2.75, 3.05) is 26.2 Å². The number of rotatable bonds is 5. The average Bonchev–Trinajstić information content (AvgIpc) is 3.15. The maximum Gasteiger partial charge on any atom is 0.243 e. The van der Waals surface area contributed by atoms with Gasteiger partial charge < -0.3 is 4.90 Å². The van der Waals surface area contributed by atoms with E-state index in [2.05, 4.69) is 10.1 Å². The monoisotopic (exact) mass is 417 g/mol. The van der Waals surface area contributed by atoms with Gasteiger partial charge in [0.1, 0.15) is 12.7 Å². The second-order valence-corrected chi connectivity index (χ2v) is 8.52. The normalized spacial score (nSPS) is 16.0. The van der Waals surface area contributed by atoms with E-state index in [1.807, 2.05) is 0 Å². The van der Waals surface area contributed by atoms with Gasteiger partial charge in [0.15, 0.2) is 0 Å². The van der Waals surface area contributed by atoms with Gasteiger partial charge in [-0.05, 0) is 18.2 Å². The van der Waals surface area contributed by atoms with Gasteiger partial charge >= 0.3 is 0 Å². The topological polar surface area (TPSA) is 88.4 Å². The van der Waals surface area contributed by atoms with Crippen molar-refractivity contribution >= 4 is 39.1 Å². The summed E-state index contributed by atoms with van der Waals surface area (Å²) < 4.78 is 28.4. The average molecular weight is 418 g/mol. The number of aryl methyl sites for hydroxylation is 1. The van der Waals surface area contributed by atoms with E-state index in [0.717, 1.165) is 0 Å². The fourth-order valence-electron chi connectivity index (χ4n) is 2.68. The summed E-state index contributed by atoms with van der Waals surface area (Å²) in [6.45, 7) is 1.60. The third kappa shape index (κ3) is 4.17. The Hall–Kier alpha value is -1.68. The number of carbonyl (C=O) groups is 1. The van der Waals surface area contributed by atoms with Crippen LogP contribution in [0.25, 0.3) is 0 Å². The Bertz CT molecular complexity index is 881. The van der Waals surface area contributed by atoms with Crippen molar-refractivity contribution in [3.05, 3.63) is 40.9 Å². The van der Waals surface area contributed by atoms with E-state index in [4.69, 9.17) is 23.2 Å². The molecule has 1 aliphatic heterocycles. The van der Waals surface area contributed by atoms with Crippen molar-refractivity contribution in [3.63, 3.8) is 0 Å². The lowest BCUT2D eigenvalue weighted by atomic mass is 10.3. The highest BCUT2D eigenvalue weighted by molar-refractivity contribution is 7.89. The molecule has 1 aliphatic rings. The summed E-state index contributed by atoms with van der Waals surface area (Å²) in [5.41, 5.74) is 0. The van der Waals surface area contributed by atoms with Gasteiger partial charge in [0.05, 0.1) is 21.5 Å². The van der Waals surface area contributed by atoms with Crippen molar-refractivity contribution < 1.29 is 13.2 Å². The Morgan fingerprint density at radius 2 is 1.85 bits per heavy atom. The third-order valence-electron chi connectivity index (χ3n) is 4.14. The number of hydrogen-bond acceptors (Lipinski definition) is 5. The van der Waals surface area contributed by atoms with Crippen LogP contribution in [0.1, 0.15) is 6.42 Å². The minimum atomic E-state index is -3.67. The lowest BCUT2D eigenvalue weighted by Crippen LogP contribution is -2.50. The highest BCUT2D eigenvalue weighted by Crippen LogP contribution is 2.27. The van der Waals surface area contributed by atoms with E-state index in [0.29, 0.717) is 31.1 Å². The van der Waals surface area contributed by atoms with Crippen LogP contribution < -0.4 is 0 Å². The molecule has 0 aliphatic carbocycles. The zero-order chi connectivity index (χ0) is 18.7. The lowest BCUT2D eigenvalue weighted by molar-refractivity contribution is -0.132. The van der Waals surface area contributed by atoms with Crippen LogP contribution in [0.3, 0.4) is 0 Å². The molecule has 2 heterocycles. The van der Waals surface area contributed by atoms with E-state index < -0.39 is 10.0 Å². The van der Waals surface area contributed by atoms with Crippen LogP contribution in [0.2, 0.25) is 10.0 Å². The fourth-order valence-corrected chi connectivity index (χ4v) is 4.49. The molecule has 0 radical (unpaired) electrons. The van der Waals surface area contributed by atoms with Gasteiger partial charge in [0.2, 0.25) is 15.9 Å². The van der Waals surface area contributed by atoms with E-state index in [-0.39, 0.29) is 28.9 Å². The number of piperazine rings is 1. The maximum absolute atomic E-state index is 12.7. The van der Waals surface area contributed by atoms with E-state index in [9.17, 15) is 13.2 Å². The first kappa shape index (κ1) is 19.1. The van der Waals surface area contributed by atoms with Gasteiger partial charge in [0.25, 0.3) is 0 Å². The standard InChI is InChI=1S/C15H17Cl2N5O3S/c16-13-2-1-12(9-14(13)17)26(24,25)22-7-5-20(6-8-22)15(23)3-4-21-11-18-10-19-21/h1-2,9-11H,3-8H2. The van der Waals surface area contributed by atoms with Gasteiger partial charge in [-0.25, -0.2) is 13.4 Å². The van der Waals surface area contributed by atoms with Crippen molar-refractivity contribution in [3.8, 4) is 0 Å². The molecule has 1 amide bonds. The van der Waals surface area contributed by atoms with Crippen molar-refractivity contribution in [1.82, 2.24) is 24.0 Å². The number of aromatic nitrogens is 3. The van der Waals surface area contributed by atoms with Gasteiger partial charge in [0, 0.05) is 32.6 Å². The summed E-state index contributed by atoms with van der Waals surface area (Å²) in [5, 5.41) is 4.44. The van der Waals surface area contributed by atoms with Crippen LogP contribution in [0.15, 0.2) is 35.7 Å². The molecule has 0 atom stereocenters. The summed E-state index contributed by atoms with van der Waals surface area (Å²) >= 11 is 11.8. The molecular weight excluding hydrogens is 401 g/mol. The van der Waals surface area contributed by atoms with E-state index in [1.54, 1.807) is 15.9 Å². The van der Waals surface area contributed by atoms with Gasteiger partial charge in [-0.15, -0.1) is 0 Å². The summed E-state index contributed by atoms with van der Waals surface area (Å²) in [4.78, 5) is 17.9. The molecule has 0 bridgehead atoms. The molecule has 0 unspecified atom stereocenters.